The molecule has 0 atom stereocenters. The molecule has 18 rings (SSSR count). The number of nitrogens with one attached hydrogen (secondary N) is 3. The third kappa shape index (κ3) is 25.9. The van der Waals surface area contributed by atoms with Crippen LogP contribution in [-0.4, -0.2) is 116 Å². The Morgan fingerprint density at radius 2 is 0.521 bits per heavy atom. The number of halogens is 4. The van der Waals surface area contributed by atoms with E-state index in [1.165, 1.54) is 184 Å². The largest absolute Gasteiger partial charge is 0.512 e. The second kappa shape index (κ2) is 49.8. The molecule has 140 heavy (non-hydrogen) atoms. The highest BCUT2D eigenvalue weighted by Crippen LogP contribution is 2.44. The molecule has 20 nitrogen and oxygen atoms in total. The van der Waals surface area contributed by atoms with Gasteiger partial charge in [-0.15, -0.1) is 0 Å². The van der Waals surface area contributed by atoms with Gasteiger partial charge in [0.25, 0.3) is 0 Å². The van der Waals surface area contributed by atoms with Crippen molar-refractivity contribution in [3.63, 3.8) is 0 Å². The van der Waals surface area contributed by atoms with Crippen LogP contribution in [0.4, 0.5) is 0 Å². The zero-order valence-electron chi connectivity index (χ0n) is 84.9. The first kappa shape index (κ1) is 107. The van der Waals surface area contributed by atoms with E-state index in [9.17, 15) is 0 Å². The first-order chi connectivity index (χ1) is 67.5. The number of hydrogen-bond donors (Lipinski definition) is 4. The molecule has 0 saturated carbocycles. The van der Waals surface area contributed by atoms with E-state index in [4.69, 9.17) is 95.4 Å². The van der Waals surface area contributed by atoms with Crippen molar-refractivity contribution in [3.8, 4) is 17.2 Å². The van der Waals surface area contributed by atoms with Crippen LogP contribution in [0.2, 0.25) is 10.3 Å². The SMILES string of the molecule is CC1(C)OB(c2ccc(B3OC(C)(C)C(C)(C)O3)[nH]2)OC1(C)C.CCCCCCCCCCCCOc1c(C)c2ccc(Cl)nc2c2nc(Cl)ccc12.CCCCCCCCCCCCOc1c(C)c2ccc(I)nc2c2nc(I)ccc12.CCCCCCCCCCCCOc1c(C)c2ccc3nc2c2nc(ccc12)c1ccc([nH]1)c1ccc2c(C)c(C)c4ccc(nc4c2n1)c1ccc3[nH]1.O=PO. The summed E-state index contributed by atoms with van der Waals surface area (Å²) in [6.07, 6.45) is 39.4. The maximum absolute atomic E-state index is 8.46. The van der Waals surface area contributed by atoms with Crippen molar-refractivity contribution in [1.29, 1.82) is 0 Å². The molecule has 14 heterocycles. The van der Waals surface area contributed by atoms with Gasteiger partial charge in [0.1, 0.15) is 51.5 Å². The Balaban J connectivity index is 0.000000156. The highest BCUT2D eigenvalue weighted by atomic mass is 127. The second-order valence-corrected chi connectivity index (χ2v) is 43.0. The summed E-state index contributed by atoms with van der Waals surface area (Å²) in [6.45, 7) is 36.1. The van der Waals surface area contributed by atoms with Crippen LogP contribution in [-0.2, 0) is 23.2 Å². The lowest BCUT2D eigenvalue weighted by Gasteiger charge is -2.32. The van der Waals surface area contributed by atoms with Gasteiger partial charge in [-0.1, -0.05) is 236 Å². The number of benzene rings is 4. The van der Waals surface area contributed by atoms with Crippen LogP contribution in [0.3, 0.4) is 0 Å². The first-order valence-electron chi connectivity index (χ1n) is 51.2. The average Bonchev–Trinajstić information content (AvgIpc) is 1.56. The molecule has 4 N–H and O–H groups in total. The Labute approximate surface area is 865 Å². The Kier molecular flexibility index (Phi) is 38.2. The summed E-state index contributed by atoms with van der Waals surface area (Å²) in [5.74, 6) is 2.75. The van der Waals surface area contributed by atoms with Crippen molar-refractivity contribution in [3.05, 3.63) is 179 Å². The zero-order chi connectivity index (χ0) is 99.4. The van der Waals surface area contributed by atoms with Crippen LogP contribution in [0.15, 0.2) is 133 Å². The smallest absolute Gasteiger partial charge is 0.493 e. The Bertz CT molecular complexity index is 6800. The molecule has 16 aromatic rings. The second-order valence-electron chi connectivity index (χ2n) is 39.9. The fourth-order valence-corrected chi connectivity index (χ4v) is 20.1. The van der Waals surface area contributed by atoms with Gasteiger partial charge in [0.15, 0.2) is 0 Å². The molecule has 2 aliphatic rings. The van der Waals surface area contributed by atoms with Gasteiger partial charge < -0.3 is 52.7 Å². The van der Waals surface area contributed by atoms with Gasteiger partial charge in [-0.3, -0.25) is 0 Å². The van der Waals surface area contributed by atoms with E-state index >= 15 is 0 Å². The van der Waals surface area contributed by atoms with Gasteiger partial charge in [0, 0.05) is 71.0 Å². The summed E-state index contributed by atoms with van der Waals surface area (Å²) in [5.41, 5.74) is 20.2. The zero-order valence-corrected chi connectivity index (χ0v) is 91.7. The number of pyridine rings is 8. The summed E-state index contributed by atoms with van der Waals surface area (Å²) >= 11 is 16.8. The number of aryl methyl sites for hydroxylation is 5. The number of aromatic nitrogens is 11. The lowest BCUT2D eigenvalue weighted by Crippen LogP contribution is -2.41. The minimum atomic E-state index is -0.833. The van der Waals surface area contributed by atoms with Crippen LogP contribution in [0, 0.1) is 42.0 Å². The molecule has 0 unspecified atom stereocenters. The summed E-state index contributed by atoms with van der Waals surface area (Å²) in [4.78, 5) is 57.3. The Morgan fingerprint density at radius 3 is 0.829 bits per heavy atom. The number of aromatic amines is 3. The standard InChI is InChI=1S/C47H48N6O.C25H32Cl2N2O.C25H32I2N2O.C16H27B2NO4.HO2P/c1-5-6-7-8-9-10-11-12-13-14-27-54-47-30(4)33-17-21-41-37-24-23-35(48-37)39-19-15-31-28(2)29(3)32-16-20-40(51-44(32)43(31)50-39)36-25-26-38(49-36)42-22-18-34(47)46(53-42)45(33)52-41;2*1-3-4-5-6-7-8-9-10-11-12-17-30-25-18(2)19-13-15-21(26)28-23(19)24-20(25)14-16-22(27)29-24;1-13(2)14(3,4)21-17(20-13)11-9-10-12(19-11)18-22-15(5,6)16(7,8)23-18;1-3-2/h15-26,48-49H,5-14,27H2,1-4H3;2*13-16H,3-12,17H2,1-2H3;9-10,19H,1-8H3;(H,1,2). The molecule has 0 radical (unpaired) electrons. The Morgan fingerprint density at radius 1 is 0.300 bits per heavy atom. The first-order valence-corrected chi connectivity index (χ1v) is 54.8. The monoisotopic (exact) mass is 2170 g/mol. The number of nitrogens with zero attached hydrogens (tertiary/aromatic N) is 8. The fourth-order valence-electron chi connectivity index (χ4n) is 18.9. The molecule has 2 saturated heterocycles. The van der Waals surface area contributed by atoms with Crippen LogP contribution in [0.1, 0.15) is 297 Å². The van der Waals surface area contributed by atoms with E-state index in [-0.39, 0.29) is 22.4 Å². The van der Waals surface area contributed by atoms with Gasteiger partial charge in [-0.25, -0.2) is 44.4 Å². The predicted octanol–water partition coefficient (Wildman–Crippen LogP) is 32.0. The summed E-state index contributed by atoms with van der Waals surface area (Å²) < 4.78 is 53.9. The van der Waals surface area contributed by atoms with Gasteiger partial charge in [-0.05, 0) is 281 Å². The molecule has 12 bridgehead atoms. The number of unbranched alkanes of at least 4 members (excludes halogenated alkanes) is 27. The van der Waals surface area contributed by atoms with Gasteiger partial charge in [0.2, 0.25) is 0 Å². The maximum Gasteiger partial charge on any atom is 0.512 e. The minimum Gasteiger partial charge on any atom is -0.493 e. The molecule has 0 amide bonds. The van der Waals surface area contributed by atoms with E-state index in [1.807, 2.05) is 79.7 Å². The van der Waals surface area contributed by atoms with Gasteiger partial charge in [-0.2, -0.15) is 0 Å². The van der Waals surface area contributed by atoms with Crippen molar-refractivity contribution < 1.29 is 42.3 Å². The average molecular weight is 2170 g/mol. The highest BCUT2D eigenvalue weighted by molar-refractivity contribution is 14.1. The normalized spacial score (nSPS) is 14.3. The van der Waals surface area contributed by atoms with Crippen LogP contribution in [0.25, 0.3) is 131 Å². The molecule has 4 aromatic carbocycles. The number of ether oxygens (including phenoxy) is 3. The summed E-state index contributed by atoms with van der Waals surface area (Å²) in [5, 5.41) is 9.30. The van der Waals surface area contributed by atoms with Gasteiger partial charge >= 0.3 is 22.9 Å². The molecule has 27 heteroatoms. The molecular formula is C113H140B2Cl2I2N11O9P. The topological polar surface area (TPSA) is 252 Å². The maximum atomic E-state index is 8.46. The van der Waals surface area contributed by atoms with Crippen molar-refractivity contribution in [1.82, 2.24) is 54.8 Å². The number of hydrogen-bond acceptors (Lipinski definition) is 16. The number of H-pyrrole nitrogens is 3. The van der Waals surface area contributed by atoms with Crippen molar-refractivity contribution in [2.75, 3.05) is 19.8 Å². The number of fused-ring (bicyclic) bond motifs is 18. The molecular weight excluding hydrogens is 2030 g/mol. The molecule has 740 valence electrons. The van der Waals surface area contributed by atoms with Crippen molar-refractivity contribution >= 4 is 234 Å². The lowest BCUT2D eigenvalue weighted by atomic mass is 9.85. The summed E-state index contributed by atoms with van der Waals surface area (Å²) in [7, 11) is -1.65. The Hall–Kier alpha value is -8.53. The predicted molar refractivity (Wildman–Crippen MR) is 602 cm³/mol. The van der Waals surface area contributed by atoms with E-state index in [0.29, 0.717) is 23.5 Å². The third-order valence-corrected chi connectivity index (χ3v) is 30.3. The fraction of sp³-hybridized carbons (Fsp3) is 0.469. The van der Waals surface area contributed by atoms with E-state index < -0.39 is 22.9 Å². The molecule has 12 aromatic heterocycles. The third-order valence-electron chi connectivity index (χ3n) is 28.7. The van der Waals surface area contributed by atoms with Crippen molar-refractivity contribution in [2.24, 2.45) is 0 Å². The van der Waals surface area contributed by atoms with E-state index in [1.54, 1.807) is 12.1 Å². The number of rotatable bonds is 38. The quantitative estimate of drug-likeness (QED) is 0.00701. The van der Waals surface area contributed by atoms with Crippen LogP contribution in [0.5, 0.6) is 17.2 Å². The van der Waals surface area contributed by atoms with E-state index in [2.05, 4.69) is 223 Å². The molecule has 0 spiro atoms. The molecule has 2 aliphatic heterocycles. The van der Waals surface area contributed by atoms with Crippen molar-refractivity contribution in [2.45, 2.75) is 326 Å². The van der Waals surface area contributed by atoms with Crippen LogP contribution < -0.4 is 25.4 Å². The highest BCUT2D eigenvalue weighted by Gasteiger charge is 2.55. The molecule has 0 aliphatic carbocycles. The lowest BCUT2D eigenvalue weighted by molar-refractivity contribution is 0.00578. The minimum absolute atomic E-state index is 0.354. The van der Waals surface area contributed by atoms with Crippen LogP contribution >= 0.6 is 77.1 Å². The van der Waals surface area contributed by atoms with E-state index in [0.717, 1.165) is 210 Å². The van der Waals surface area contributed by atoms with Gasteiger partial charge in [0.05, 0.1) is 114 Å². The summed E-state index contributed by atoms with van der Waals surface area (Å²) in [6, 6.07) is 45.3. The molecule has 2 fully saturated rings.